The van der Waals surface area contributed by atoms with E-state index in [1.807, 2.05) is 19.1 Å². The Hall–Kier alpha value is -2.52. The van der Waals surface area contributed by atoms with Gasteiger partial charge in [0.15, 0.2) is 0 Å². The van der Waals surface area contributed by atoms with E-state index in [9.17, 15) is 13.2 Å². The molecule has 0 bridgehead atoms. The zero-order valence-electron chi connectivity index (χ0n) is 14.1. The number of hydrogen-bond donors (Lipinski definition) is 0. The predicted molar refractivity (Wildman–Crippen MR) is 97.2 cm³/mol. The van der Waals surface area contributed by atoms with Gasteiger partial charge in [-0.25, -0.2) is 9.97 Å². The van der Waals surface area contributed by atoms with Crippen LogP contribution in [-0.2, 0) is 6.18 Å². The van der Waals surface area contributed by atoms with E-state index in [4.69, 9.17) is 16.4 Å². The first-order chi connectivity index (χ1) is 12.8. The van der Waals surface area contributed by atoms with Crippen molar-refractivity contribution in [3.8, 4) is 16.5 Å². The van der Waals surface area contributed by atoms with E-state index >= 15 is 0 Å². The second-order valence-corrected chi connectivity index (χ2v) is 6.86. The van der Waals surface area contributed by atoms with Crippen LogP contribution in [0.5, 0.6) is 5.88 Å². The van der Waals surface area contributed by atoms with Crippen molar-refractivity contribution in [2.75, 3.05) is 0 Å². The van der Waals surface area contributed by atoms with Gasteiger partial charge in [0.05, 0.1) is 21.8 Å². The number of pyridine rings is 2. The van der Waals surface area contributed by atoms with Crippen LogP contribution in [0.4, 0.5) is 13.2 Å². The third-order valence-corrected chi connectivity index (χ3v) is 5.02. The molecule has 0 atom stereocenters. The van der Waals surface area contributed by atoms with Crippen LogP contribution in [0.3, 0.4) is 0 Å². The Labute approximate surface area is 161 Å². The van der Waals surface area contributed by atoms with Crippen LogP contribution >= 0.6 is 22.9 Å². The number of thiazole rings is 1. The van der Waals surface area contributed by atoms with Gasteiger partial charge in [-0.05, 0) is 32.0 Å². The highest BCUT2D eigenvalue weighted by Gasteiger charge is 2.31. The lowest BCUT2D eigenvalue weighted by Gasteiger charge is -2.07. The summed E-state index contributed by atoms with van der Waals surface area (Å²) < 4.78 is 37.9. The molecule has 0 amide bonds. The van der Waals surface area contributed by atoms with Gasteiger partial charge in [-0.3, -0.25) is 4.98 Å². The first-order valence-corrected chi connectivity index (χ1v) is 8.77. The molecule has 0 spiro atoms. The molecule has 140 valence electrons. The van der Waals surface area contributed by atoms with Gasteiger partial charge in [0.2, 0.25) is 0 Å². The van der Waals surface area contributed by atoms with Crippen molar-refractivity contribution in [3.63, 3.8) is 0 Å². The lowest BCUT2D eigenvalue weighted by atomic mass is 10.3. The maximum absolute atomic E-state index is 12.6. The highest BCUT2D eigenvalue weighted by molar-refractivity contribution is 7.17. The van der Waals surface area contributed by atoms with Crippen molar-refractivity contribution in [2.45, 2.75) is 20.0 Å². The topological polar surface area (TPSA) is 60.3 Å². The van der Waals surface area contributed by atoms with E-state index in [0.717, 1.165) is 27.2 Å². The molecule has 3 aromatic rings. The number of aryl methyl sites for hydroxylation is 1. The highest BCUT2D eigenvalue weighted by atomic mass is 35.5. The SMILES string of the molecule is C/C(=N\Oc1ncc(C(F)(F)F)cc1Cl)c1sc(-c2cccnc2)nc1C. The number of rotatable bonds is 4. The van der Waals surface area contributed by atoms with Gasteiger partial charge < -0.3 is 4.84 Å². The van der Waals surface area contributed by atoms with E-state index in [1.54, 1.807) is 19.3 Å². The molecule has 0 aliphatic carbocycles. The van der Waals surface area contributed by atoms with Crippen molar-refractivity contribution in [1.29, 1.82) is 0 Å². The van der Waals surface area contributed by atoms with E-state index in [0.29, 0.717) is 11.9 Å². The molecule has 27 heavy (non-hydrogen) atoms. The first kappa shape index (κ1) is 19.2. The first-order valence-electron chi connectivity index (χ1n) is 7.58. The van der Waals surface area contributed by atoms with Crippen molar-refractivity contribution in [3.05, 3.63) is 57.9 Å². The number of hydrogen-bond acceptors (Lipinski definition) is 6. The summed E-state index contributed by atoms with van der Waals surface area (Å²) in [4.78, 5) is 18.0. The summed E-state index contributed by atoms with van der Waals surface area (Å²) in [5, 5.41) is 4.42. The fraction of sp³-hybridized carbons (Fsp3) is 0.176. The molecule has 0 aromatic carbocycles. The van der Waals surface area contributed by atoms with Gasteiger partial charge in [-0.1, -0.05) is 16.8 Å². The predicted octanol–water partition coefficient (Wildman–Crippen LogP) is 5.38. The molecular formula is C17H12ClF3N4OS. The van der Waals surface area contributed by atoms with Crippen molar-refractivity contribution in [2.24, 2.45) is 5.16 Å². The maximum atomic E-state index is 12.6. The minimum absolute atomic E-state index is 0.210. The summed E-state index contributed by atoms with van der Waals surface area (Å²) in [7, 11) is 0. The van der Waals surface area contributed by atoms with Gasteiger partial charge in [0, 0.05) is 24.2 Å². The summed E-state index contributed by atoms with van der Waals surface area (Å²) in [6.45, 7) is 3.53. The smallest absolute Gasteiger partial charge is 0.335 e. The zero-order valence-corrected chi connectivity index (χ0v) is 15.7. The lowest BCUT2D eigenvalue weighted by Crippen LogP contribution is -2.06. The Morgan fingerprint density at radius 1 is 1.30 bits per heavy atom. The Balaban J connectivity index is 1.82. The average molecular weight is 413 g/mol. The van der Waals surface area contributed by atoms with Crippen LogP contribution in [-0.4, -0.2) is 20.7 Å². The molecule has 0 unspecified atom stereocenters. The molecule has 0 N–H and O–H groups in total. The molecule has 0 aliphatic heterocycles. The Morgan fingerprint density at radius 2 is 2.07 bits per heavy atom. The third kappa shape index (κ3) is 4.42. The van der Waals surface area contributed by atoms with Crippen LogP contribution in [0.1, 0.15) is 23.1 Å². The van der Waals surface area contributed by atoms with Crippen LogP contribution in [0, 0.1) is 6.92 Å². The van der Waals surface area contributed by atoms with Crippen molar-refractivity contribution < 1.29 is 18.0 Å². The average Bonchev–Trinajstić information content (AvgIpc) is 3.02. The molecule has 0 saturated carbocycles. The van der Waals surface area contributed by atoms with Gasteiger partial charge in [-0.15, -0.1) is 11.3 Å². The maximum Gasteiger partial charge on any atom is 0.417 e. The van der Waals surface area contributed by atoms with Crippen LogP contribution in [0.2, 0.25) is 5.02 Å². The largest absolute Gasteiger partial charge is 0.417 e. The monoisotopic (exact) mass is 412 g/mol. The second-order valence-electron chi connectivity index (χ2n) is 5.45. The Morgan fingerprint density at radius 3 is 2.70 bits per heavy atom. The second kappa shape index (κ2) is 7.61. The van der Waals surface area contributed by atoms with Crippen molar-refractivity contribution >= 4 is 28.6 Å². The van der Waals surface area contributed by atoms with E-state index in [2.05, 4.69) is 20.1 Å². The molecular weight excluding hydrogens is 401 g/mol. The van der Waals surface area contributed by atoms with Gasteiger partial charge in [0.25, 0.3) is 5.88 Å². The van der Waals surface area contributed by atoms with Crippen molar-refractivity contribution in [1.82, 2.24) is 15.0 Å². The third-order valence-electron chi connectivity index (χ3n) is 3.44. The fourth-order valence-electron chi connectivity index (χ4n) is 2.15. The van der Waals surface area contributed by atoms with Gasteiger partial charge in [0.1, 0.15) is 10.0 Å². The molecule has 10 heteroatoms. The van der Waals surface area contributed by atoms with Gasteiger partial charge in [-0.2, -0.15) is 13.2 Å². The zero-order chi connectivity index (χ0) is 19.6. The summed E-state index contributed by atoms with van der Waals surface area (Å²) in [6, 6.07) is 4.45. The summed E-state index contributed by atoms with van der Waals surface area (Å²) in [5.41, 5.74) is 1.16. The van der Waals surface area contributed by atoms with E-state index in [1.165, 1.54) is 11.3 Å². The van der Waals surface area contributed by atoms with Crippen LogP contribution in [0.15, 0.2) is 41.9 Å². The number of aromatic nitrogens is 3. The minimum atomic E-state index is -4.53. The molecule has 3 rings (SSSR count). The molecule has 3 heterocycles. The Bertz CT molecular complexity index is 990. The van der Waals surface area contributed by atoms with E-state index < -0.39 is 11.7 Å². The Kier molecular flexibility index (Phi) is 5.43. The molecule has 0 aliphatic rings. The summed E-state index contributed by atoms with van der Waals surface area (Å²) in [6.07, 6.45) is -0.509. The molecule has 0 saturated heterocycles. The summed E-state index contributed by atoms with van der Waals surface area (Å²) >= 11 is 7.21. The standard InChI is InChI=1S/C17H12ClF3N4OS/c1-9-14(27-16(24-9)11-4-3-5-22-7-11)10(2)25-26-15-13(18)6-12(8-23-15)17(19,20)21/h3-8H,1-2H3/b25-10+. The van der Waals surface area contributed by atoms with Crippen LogP contribution < -0.4 is 4.84 Å². The molecule has 5 nitrogen and oxygen atoms in total. The number of oxime groups is 1. The molecule has 0 radical (unpaired) electrons. The number of alkyl halides is 3. The quantitative estimate of drug-likeness (QED) is 0.426. The number of halogens is 4. The molecule has 0 fully saturated rings. The van der Waals surface area contributed by atoms with Gasteiger partial charge >= 0.3 is 6.18 Å². The summed E-state index contributed by atoms with van der Waals surface area (Å²) in [5.74, 6) is -0.210. The normalized spacial score (nSPS) is 12.3. The lowest BCUT2D eigenvalue weighted by molar-refractivity contribution is -0.137. The number of nitrogens with zero attached hydrogens (tertiary/aromatic N) is 4. The molecule has 3 aromatic heterocycles. The highest BCUT2D eigenvalue weighted by Crippen LogP contribution is 2.33. The van der Waals surface area contributed by atoms with E-state index in [-0.39, 0.29) is 10.9 Å². The van der Waals surface area contributed by atoms with Crippen LogP contribution in [0.25, 0.3) is 10.6 Å². The minimum Gasteiger partial charge on any atom is -0.335 e. The fourth-order valence-corrected chi connectivity index (χ4v) is 3.34.